The molecule has 0 aromatic carbocycles. The third-order valence-corrected chi connectivity index (χ3v) is 8.56. The Bertz CT molecular complexity index is 594. The molecule has 0 amide bonds. The summed E-state index contributed by atoms with van der Waals surface area (Å²) in [5.74, 6) is 1.48. The van der Waals surface area contributed by atoms with Crippen LogP contribution < -0.4 is 0 Å². The summed E-state index contributed by atoms with van der Waals surface area (Å²) in [5, 5.41) is 0. The Hall–Kier alpha value is -0.610. The van der Waals surface area contributed by atoms with E-state index in [1.54, 1.807) is 0 Å². The number of nitrogens with zero attached hydrogens (tertiary/aromatic N) is 1. The maximum atomic E-state index is 13.1. The van der Waals surface area contributed by atoms with Crippen molar-refractivity contribution >= 4 is 5.97 Å². The maximum Gasteiger partial charge on any atom is 0.315 e. The molecule has 7 atom stereocenters. The summed E-state index contributed by atoms with van der Waals surface area (Å²) in [6.45, 7) is 12.2. The van der Waals surface area contributed by atoms with E-state index >= 15 is 0 Å². The second-order valence-corrected chi connectivity index (χ2v) is 11.0. The molecule has 142 valence electrons. The molecule has 2 saturated carbocycles. The van der Waals surface area contributed by atoms with E-state index in [0.717, 1.165) is 30.3 Å². The summed E-state index contributed by atoms with van der Waals surface area (Å²) >= 11 is 0. The number of carbonyl (C=O) groups excluding carboxylic acids is 1. The lowest BCUT2D eigenvalue weighted by Crippen LogP contribution is -2.60. The summed E-state index contributed by atoms with van der Waals surface area (Å²) < 4.78 is 13.4. The molecular formula is C21H36NO3+. The second-order valence-electron chi connectivity index (χ2n) is 11.0. The van der Waals surface area contributed by atoms with Crippen LogP contribution in [0.4, 0.5) is 0 Å². The van der Waals surface area contributed by atoms with Crippen LogP contribution in [0.2, 0.25) is 0 Å². The predicted octanol–water partition coefficient (Wildman–Crippen LogP) is 3.39. The minimum absolute atomic E-state index is 0.00998. The van der Waals surface area contributed by atoms with Gasteiger partial charge in [-0.3, -0.25) is 4.79 Å². The highest BCUT2D eigenvalue weighted by Crippen LogP contribution is 2.66. The molecule has 4 nitrogen and oxygen atoms in total. The number of esters is 1. The summed E-state index contributed by atoms with van der Waals surface area (Å²) in [7, 11) is 4.50. The Kier molecular flexibility index (Phi) is 3.56. The minimum Gasteiger partial charge on any atom is -0.455 e. The zero-order chi connectivity index (χ0) is 18.4. The van der Waals surface area contributed by atoms with E-state index in [2.05, 4.69) is 48.7 Å². The van der Waals surface area contributed by atoms with Gasteiger partial charge >= 0.3 is 5.97 Å². The Labute approximate surface area is 152 Å². The van der Waals surface area contributed by atoms with Crippen LogP contribution in [0.1, 0.15) is 60.3 Å². The summed E-state index contributed by atoms with van der Waals surface area (Å²) in [5.41, 5.74) is -0.283. The van der Waals surface area contributed by atoms with Crippen LogP contribution in [0.3, 0.4) is 0 Å². The number of quaternary nitrogens is 1. The number of rotatable bonds is 2. The number of carbonyl (C=O) groups is 1. The van der Waals surface area contributed by atoms with E-state index in [9.17, 15) is 4.79 Å². The van der Waals surface area contributed by atoms with Gasteiger partial charge < -0.3 is 14.0 Å². The molecule has 2 aliphatic heterocycles. The Morgan fingerprint density at radius 1 is 1.16 bits per heavy atom. The lowest BCUT2D eigenvalue weighted by molar-refractivity contribution is -0.938. The van der Waals surface area contributed by atoms with Crippen molar-refractivity contribution in [3.8, 4) is 0 Å². The summed E-state index contributed by atoms with van der Waals surface area (Å²) in [6.07, 6.45) is 4.71. The van der Waals surface area contributed by atoms with Crippen LogP contribution in [-0.4, -0.2) is 53.9 Å². The molecule has 25 heavy (non-hydrogen) atoms. The van der Waals surface area contributed by atoms with Gasteiger partial charge in [0.25, 0.3) is 0 Å². The standard InChI is InChI=1S/C21H36NO3/c1-13-8-9-16-14(12-22(6,7)19(2,3)4)17(23)24-21(16)15(13)10-11-20(5)18(21)25-20/h13-16,18H,8-12H2,1-7H3/q+1/t13-,14?,15?,16?,18+,20+,21+/m0/s1. The minimum atomic E-state index is -0.343. The fourth-order valence-corrected chi connectivity index (χ4v) is 6.03. The average Bonchev–Trinajstić information content (AvgIpc) is 3.10. The van der Waals surface area contributed by atoms with Gasteiger partial charge in [-0.15, -0.1) is 0 Å². The SMILES string of the molecule is C[C@H]1CCC2C(C[N+](C)(C)C(C)(C)C)C(=O)O[C@]23C1CC[C@@]1(C)O[C@@H]31. The lowest BCUT2D eigenvalue weighted by Gasteiger charge is -2.50. The Morgan fingerprint density at radius 3 is 2.48 bits per heavy atom. The molecule has 0 N–H and O–H groups in total. The summed E-state index contributed by atoms with van der Waals surface area (Å²) in [6, 6.07) is 0. The molecule has 2 heterocycles. The van der Waals surface area contributed by atoms with E-state index in [1.807, 2.05) is 0 Å². The molecule has 4 heteroatoms. The zero-order valence-electron chi connectivity index (χ0n) is 17.1. The van der Waals surface area contributed by atoms with Crippen LogP contribution in [0, 0.1) is 23.7 Å². The molecule has 3 unspecified atom stereocenters. The van der Waals surface area contributed by atoms with Gasteiger partial charge in [0, 0.05) is 11.8 Å². The topological polar surface area (TPSA) is 38.8 Å². The molecule has 1 spiro atoms. The number of hydrogen-bond donors (Lipinski definition) is 0. The van der Waals surface area contributed by atoms with Gasteiger partial charge in [0.05, 0.1) is 31.8 Å². The van der Waals surface area contributed by atoms with Gasteiger partial charge in [-0.25, -0.2) is 0 Å². The van der Waals surface area contributed by atoms with Crippen molar-refractivity contribution in [1.82, 2.24) is 0 Å². The molecule has 2 saturated heterocycles. The van der Waals surface area contributed by atoms with Crippen molar-refractivity contribution in [1.29, 1.82) is 0 Å². The van der Waals surface area contributed by atoms with E-state index in [4.69, 9.17) is 9.47 Å². The van der Waals surface area contributed by atoms with Gasteiger partial charge in [-0.05, 0) is 59.3 Å². The molecule has 0 bridgehead atoms. The summed E-state index contributed by atoms with van der Waals surface area (Å²) in [4.78, 5) is 13.1. The van der Waals surface area contributed by atoms with Gasteiger partial charge in [0.1, 0.15) is 17.6 Å². The van der Waals surface area contributed by atoms with Crippen LogP contribution >= 0.6 is 0 Å². The largest absolute Gasteiger partial charge is 0.455 e. The van der Waals surface area contributed by atoms with E-state index in [-0.39, 0.29) is 34.7 Å². The first-order valence-corrected chi connectivity index (χ1v) is 10.2. The quantitative estimate of drug-likeness (QED) is 0.435. The van der Waals surface area contributed by atoms with Gasteiger partial charge in [-0.2, -0.15) is 0 Å². The zero-order valence-corrected chi connectivity index (χ0v) is 17.1. The molecule has 0 radical (unpaired) electrons. The second kappa shape index (κ2) is 5.01. The average molecular weight is 351 g/mol. The van der Waals surface area contributed by atoms with E-state index in [1.165, 1.54) is 6.42 Å². The van der Waals surface area contributed by atoms with E-state index < -0.39 is 0 Å². The maximum absolute atomic E-state index is 13.1. The third-order valence-electron chi connectivity index (χ3n) is 8.56. The lowest BCUT2D eigenvalue weighted by atomic mass is 9.55. The van der Waals surface area contributed by atoms with E-state index in [0.29, 0.717) is 17.8 Å². The first-order chi connectivity index (χ1) is 11.4. The van der Waals surface area contributed by atoms with Gasteiger partial charge in [0.15, 0.2) is 0 Å². The molecule has 2 aliphatic carbocycles. The number of hydrogen-bond acceptors (Lipinski definition) is 3. The van der Waals surface area contributed by atoms with Crippen molar-refractivity contribution in [2.75, 3.05) is 20.6 Å². The Morgan fingerprint density at radius 2 is 1.84 bits per heavy atom. The molecule has 0 aromatic rings. The highest BCUT2D eigenvalue weighted by molar-refractivity contribution is 5.77. The molecular weight excluding hydrogens is 314 g/mol. The highest BCUT2D eigenvalue weighted by atomic mass is 16.7. The Balaban J connectivity index is 1.68. The van der Waals surface area contributed by atoms with Crippen molar-refractivity contribution in [3.05, 3.63) is 0 Å². The number of fused-ring (bicyclic) bond motifs is 1. The molecule has 4 fully saturated rings. The molecule has 0 aromatic heterocycles. The first kappa shape index (κ1) is 17.8. The van der Waals surface area contributed by atoms with Crippen LogP contribution in [0.25, 0.3) is 0 Å². The number of ether oxygens (including phenoxy) is 2. The van der Waals surface area contributed by atoms with Crippen LogP contribution in [-0.2, 0) is 14.3 Å². The fraction of sp³-hybridized carbons (Fsp3) is 0.952. The van der Waals surface area contributed by atoms with Gasteiger partial charge in [-0.1, -0.05) is 6.92 Å². The van der Waals surface area contributed by atoms with Crippen molar-refractivity contribution in [2.45, 2.75) is 83.1 Å². The van der Waals surface area contributed by atoms with Gasteiger partial charge in [0.2, 0.25) is 0 Å². The first-order valence-electron chi connectivity index (χ1n) is 10.2. The highest BCUT2D eigenvalue weighted by Gasteiger charge is 2.77. The third kappa shape index (κ3) is 2.29. The molecule has 4 aliphatic rings. The smallest absolute Gasteiger partial charge is 0.315 e. The van der Waals surface area contributed by atoms with Crippen molar-refractivity contribution in [2.24, 2.45) is 23.7 Å². The number of epoxide rings is 1. The van der Waals surface area contributed by atoms with Crippen LogP contribution in [0.5, 0.6) is 0 Å². The normalized spacial score (nSPS) is 49.1. The van der Waals surface area contributed by atoms with Crippen molar-refractivity contribution in [3.63, 3.8) is 0 Å². The van der Waals surface area contributed by atoms with Crippen LogP contribution in [0.15, 0.2) is 0 Å². The monoisotopic (exact) mass is 350 g/mol. The molecule has 4 rings (SSSR count). The predicted molar refractivity (Wildman–Crippen MR) is 96.9 cm³/mol. The fourth-order valence-electron chi connectivity index (χ4n) is 6.03. The van der Waals surface area contributed by atoms with Crippen molar-refractivity contribution < 1.29 is 18.8 Å².